The summed E-state index contributed by atoms with van der Waals surface area (Å²) in [5.74, 6) is 0.146. The number of hydrogen-bond acceptors (Lipinski definition) is 2. The molecule has 120 valence electrons. The Balaban J connectivity index is 2.66. The van der Waals surface area contributed by atoms with Crippen molar-refractivity contribution in [3.05, 3.63) is 109 Å². The van der Waals surface area contributed by atoms with Crippen molar-refractivity contribution in [3.63, 3.8) is 0 Å². The summed E-state index contributed by atoms with van der Waals surface area (Å²) < 4.78 is 0. The summed E-state index contributed by atoms with van der Waals surface area (Å²) in [6, 6.07) is 11.2. The van der Waals surface area contributed by atoms with Crippen LogP contribution in [0, 0.1) is 0 Å². The van der Waals surface area contributed by atoms with E-state index in [9.17, 15) is 10.2 Å². The van der Waals surface area contributed by atoms with Gasteiger partial charge in [-0.3, -0.25) is 0 Å². The van der Waals surface area contributed by atoms with Gasteiger partial charge in [0.25, 0.3) is 0 Å². The lowest BCUT2D eigenvalue weighted by Crippen LogP contribution is -1.92. The first-order valence-electron chi connectivity index (χ1n) is 7.58. The van der Waals surface area contributed by atoms with Gasteiger partial charge in [-0.15, -0.1) is 0 Å². The Bertz CT molecular complexity index is 865. The number of phenols is 1. The van der Waals surface area contributed by atoms with E-state index in [1.165, 1.54) is 12.2 Å². The molecule has 2 rings (SSSR count). The van der Waals surface area contributed by atoms with Gasteiger partial charge in [-0.2, -0.15) is 0 Å². The Morgan fingerprint density at radius 2 is 1.58 bits per heavy atom. The third kappa shape index (κ3) is 3.93. The first-order chi connectivity index (χ1) is 11.7. The minimum atomic E-state index is 0.0361. The lowest BCUT2D eigenvalue weighted by atomic mass is 9.95. The van der Waals surface area contributed by atoms with Gasteiger partial charge in [-0.25, -0.2) is 0 Å². The zero-order valence-electron chi connectivity index (χ0n) is 13.4. The first kappa shape index (κ1) is 17.1. The molecule has 0 bridgehead atoms. The first-order valence-corrected chi connectivity index (χ1v) is 7.58. The second-order valence-corrected chi connectivity index (χ2v) is 5.05. The molecule has 2 nitrogen and oxygen atoms in total. The van der Waals surface area contributed by atoms with Crippen molar-refractivity contribution < 1.29 is 10.2 Å². The minimum Gasteiger partial charge on any atom is -0.507 e. The standard InChI is InChI=1S/C22H20O2/c1-3-5-6-7-8-14-19(20(23)11-4-2)22-18-13-10-9-12-17(18)15-16-21(22)24/h3-16,23-24H,1-2H2/b6-5-,8-7-,19-14+,20-11+. The Labute approximate surface area is 142 Å². The van der Waals surface area contributed by atoms with Gasteiger partial charge in [0, 0.05) is 11.1 Å². The fourth-order valence-corrected chi connectivity index (χ4v) is 2.40. The maximum Gasteiger partial charge on any atom is 0.124 e. The van der Waals surface area contributed by atoms with Gasteiger partial charge in [0.2, 0.25) is 0 Å². The highest BCUT2D eigenvalue weighted by molar-refractivity contribution is 5.99. The number of allylic oxidation sites excluding steroid dienone is 9. The summed E-state index contributed by atoms with van der Waals surface area (Å²) in [4.78, 5) is 0. The average molecular weight is 316 g/mol. The van der Waals surface area contributed by atoms with E-state index in [0.29, 0.717) is 11.1 Å². The Morgan fingerprint density at radius 1 is 0.833 bits per heavy atom. The number of aromatic hydroxyl groups is 1. The molecule has 0 radical (unpaired) electrons. The number of fused-ring (bicyclic) bond motifs is 1. The topological polar surface area (TPSA) is 40.5 Å². The largest absolute Gasteiger partial charge is 0.507 e. The predicted octanol–water partition coefficient (Wildman–Crippen LogP) is 5.86. The van der Waals surface area contributed by atoms with Gasteiger partial charge < -0.3 is 10.2 Å². The molecule has 2 N–H and O–H groups in total. The van der Waals surface area contributed by atoms with Crippen LogP contribution < -0.4 is 0 Å². The van der Waals surface area contributed by atoms with Gasteiger partial charge >= 0.3 is 0 Å². The molecule has 24 heavy (non-hydrogen) atoms. The summed E-state index contributed by atoms with van der Waals surface area (Å²) in [7, 11) is 0. The van der Waals surface area contributed by atoms with Crippen LogP contribution in [-0.4, -0.2) is 10.2 Å². The van der Waals surface area contributed by atoms with Crippen LogP contribution in [0.15, 0.2) is 104 Å². The molecule has 0 aromatic heterocycles. The normalized spacial score (nSPS) is 13.0. The lowest BCUT2D eigenvalue weighted by molar-refractivity contribution is 0.435. The molecule has 0 heterocycles. The van der Waals surface area contributed by atoms with Gasteiger partial charge in [0.1, 0.15) is 11.5 Å². The molecule has 0 aliphatic heterocycles. The van der Waals surface area contributed by atoms with E-state index in [2.05, 4.69) is 13.2 Å². The Hall–Kier alpha value is -3.26. The van der Waals surface area contributed by atoms with Crippen LogP contribution in [0.3, 0.4) is 0 Å². The zero-order chi connectivity index (χ0) is 17.4. The number of phenolic OH excluding ortho intramolecular Hbond substituents is 1. The second-order valence-electron chi connectivity index (χ2n) is 5.05. The highest BCUT2D eigenvalue weighted by atomic mass is 16.3. The van der Waals surface area contributed by atoms with E-state index in [-0.39, 0.29) is 11.5 Å². The van der Waals surface area contributed by atoms with Gasteiger partial charge in [-0.1, -0.05) is 86.0 Å². The van der Waals surface area contributed by atoms with Crippen molar-refractivity contribution in [2.45, 2.75) is 0 Å². The van der Waals surface area contributed by atoms with Crippen molar-refractivity contribution in [2.75, 3.05) is 0 Å². The highest BCUT2D eigenvalue weighted by Crippen LogP contribution is 2.36. The number of hydrogen-bond donors (Lipinski definition) is 2. The summed E-state index contributed by atoms with van der Waals surface area (Å²) in [6.45, 7) is 7.23. The molecule has 0 aliphatic carbocycles. The van der Waals surface area contributed by atoms with Crippen LogP contribution in [0.4, 0.5) is 0 Å². The molecule has 2 heteroatoms. The third-order valence-electron chi connectivity index (χ3n) is 3.46. The molecule has 0 saturated heterocycles. The van der Waals surface area contributed by atoms with Gasteiger partial charge in [-0.05, 0) is 22.9 Å². The Kier molecular flexibility index (Phi) is 5.98. The molecule has 0 amide bonds. The van der Waals surface area contributed by atoms with Crippen LogP contribution >= 0.6 is 0 Å². The highest BCUT2D eigenvalue weighted by Gasteiger charge is 2.14. The molecule has 2 aromatic carbocycles. The fraction of sp³-hybridized carbons (Fsp3) is 0. The van der Waals surface area contributed by atoms with Gasteiger partial charge in [0.15, 0.2) is 0 Å². The van der Waals surface area contributed by atoms with E-state index in [0.717, 1.165) is 10.8 Å². The zero-order valence-corrected chi connectivity index (χ0v) is 13.4. The molecule has 0 unspecified atom stereocenters. The maximum atomic E-state index is 10.4. The summed E-state index contributed by atoms with van der Waals surface area (Å²) in [5.41, 5.74) is 1.11. The summed E-state index contributed by atoms with van der Waals surface area (Å²) >= 11 is 0. The van der Waals surface area contributed by atoms with E-state index in [1.54, 1.807) is 30.4 Å². The number of aliphatic hydroxyl groups excluding tert-OH is 1. The van der Waals surface area contributed by atoms with E-state index in [4.69, 9.17) is 0 Å². The van der Waals surface area contributed by atoms with Crippen molar-refractivity contribution in [1.29, 1.82) is 0 Å². The van der Waals surface area contributed by atoms with Crippen molar-refractivity contribution in [2.24, 2.45) is 0 Å². The smallest absolute Gasteiger partial charge is 0.124 e. The van der Waals surface area contributed by atoms with Crippen LogP contribution in [0.5, 0.6) is 5.75 Å². The second kappa shape index (κ2) is 8.39. The van der Waals surface area contributed by atoms with Gasteiger partial charge in [0.05, 0.1) is 0 Å². The molecule has 0 spiro atoms. The van der Waals surface area contributed by atoms with Crippen molar-refractivity contribution in [1.82, 2.24) is 0 Å². The number of aliphatic hydroxyl groups is 1. The molecule has 0 fully saturated rings. The fourth-order valence-electron chi connectivity index (χ4n) is 2.40. The SMILES string of the molecule is C=C\C=C/C=C\C=C(/C(O)=C\C=C)c1c(O)ccc2ccccc12. The van der Waals surface area contributed by atoms with E-state index in [1.807, 2.05) is 42.5 Å². The average Bonchev–Trinajstić information content (AvgIpc) is 2.59. The number of rotatable bonds is 6. The molecule has 0 saturated carbocycles. The summed E-state index contributed by atoms with van der Waals surface area (Å²) in [6.07, 6.45) is 13.7. The Morgan fingerprint density at radius 3 is 2.33 bits per heavy atom. The number of benzene rings is 2. The van der Waals surface area contributed by atoms with Crippen LogP contribution in [0.25, 0.3) is 16.3 Å². The molecule has 2 aromatic rings. The lowest BCUT2D eigenvalue weighted by Gasteiger charge is -2.12. The maximum absolute atomic E-state index is 10.4. The molecular weight excluding hydrogens is 296 g/mol. The molecular formula is C22H20O2. The minimum absolute atomic E-state index is 0.0361. The monoisotopic (exact) mass is 316 g/mol. The quantitative estimate of drug-likeness (QED) is 0.518. The van der Waals surface area contributed by atoms with Crippen molar-refractivity contribution >= 4 is 16.3 Å². The van der Waals surface area contributed by atoms with Crippen LogP contribution in [-0.2, 0) is 0 Å². The van der Waals surface area contributed by atoms with Crippen molar-refractivity contribution in [3.8, 4) is 5.75 Å². The van der Waals surface area contributed by atoms with Crippen LogP contribution in [0.1, 0.15) is 5.56 Å². The molecule has 0 aliphatic rings. The van der Waals surface area contributed by atoms with Crippen LogP contribution in [0.2, 0.25) is 0 Å². The van der Waals surface area contributed by atoms with E-state index < -0.39 is 0 Å². The molecule has 0 atom stereocenters. The summed E-state index contributed by atoms with van der Waals surface area (Å²) in [5, 5.41) is 22.6. The van der Waals surface area contributed by atoms with E-state index >= 15 is 0 Å². The predicted molar refractivity (Wildman–Crippen MR) is 103 cm³/mol. The third-order valence-corrected chi connectivity index (χ3v) is 3.46.